The Labute approximate surface area is 168 Å². The number of ether oxygens (including phenoxy) is 3. The normalized spacial score (nSPS) is 19.3. The van der Waals surface area contributed by atoms with Gasteiger partial charge in [0.25, 0.3) is 0 Å². The summed E-state index contributed by atoms with van der Waals surface area (Å²) in [5.74, 6) is 2.12. The molecule has 0 radical (unpaired) electrons. The van der Waals surface area contributed by atoms with Gasteiger partial charge in [-0.3, -0.25) is 4.90 Å². The molecule has 0 saturated carbocycles. The number of hydrogen-bond acceptors (Lipinski definition) is 3. The van der Waals surface area contributed by atoms with Crippen LogP contribution in [0.25, 0.3) is 0 Å². The van der Waals surface area contributed by atoms with E-state index in [1.165, 1.54) is 48.6 Å². The molecular weight excluding hydrogens is 352 g/mol. The Hall–Kier alpha value is -2.24. The van der Waals surface area contributed by atoms with E-state index < -0.39 is 0 Å². The van der Waals surface area contributed by atoms with Crippen LogP contribution in [-0.4, -0.2) is 54.1 Å². The quantitative estimate of drug-likeness (QED) is 0.745. The highest BCUT2D eigenvalue weighted by molar-refractivity contribution is 5.53. The summed E-state index contributed by atoms with van der Waals surface area (Å²) in [6.07, 6.45) is 1.00. The van der Waals surface area contributed by atoms with E-state index in [9.17, 15) is 0 Å². The fourth-order valence-electron chi connectivity index (χ4n) is 4.01. The third kappa shape index (κ3) is 4.59. The van der Waals surface area contributed by atoms with Crippen molar-refractivity contribution < 1.29 is 24.0 Å². The third-order valence-electron chi connectivity index (χ3n) is 5.97. The van der Waals surface area contributed by atoms with Crippen LogP contribution in [0.2, 0.25) is 0 Å². The molecule has 0 spiro atoms. The van der Waals surface area contributed by atoms with Gasteiger partial charge in [-0.15, -0.1) is 0 Å². The maximum Gasteiger partial charge on any atom is 0.203 e. The van der Waals surface area contributed by atoms with Crippen LogP contribution in [0.5, 0.6) is 17.2 Å². The summed E-state index contributed by atoms with van der Waals surface area (Å²) in [4.78, 5) is 3.28. The summed E-state index contributed by atoms with van der Waals surface area (Å²) in [5, 5.41) is 0. The van der Waals surface area contributed by atoms with Crippen LogP contribution in [0, 0.1) is 13.8 Å². The minimum atomic E-state index is 0.659. The minimum absolute atomic E-state index is 0.659. The van der Waals surface area contributed by atoms with Gasteiger partial charge in [0.2, 0.25) is 5.75 Å². The predicted octanol–water partition coefficient (Wildman–Crippen LogP) is 0.987. The Morgan fingerprint density at radius 1 is 0.786 bits per heavy atom. The smallest absolute Gasteiger partial charge is 0.203 e. The molecule has 3 rings (SSSR count). The lowest BCUT2D eigenvalue weighted by Crippen LogP contribution is -3.26. The molecule has 0 amide bonds. The highest BCUT2D eigenvalue weighted by atomic mass is 16.5. The van der Waals surface area contributed by atoms with Gasteiger partial charge in [-0.25, -0.2) is 0 Å². The molecule has 28 heavy (non-hydrogen) atoms. The van der Waals surface area contributed by atoms with Gasteiger partial charge in [0.05, 0.1) is 27.9 Å². The summed E-state index contributed by atoms with van der Waals surface area (Å²) in [6.45, 7) is 10.3. The van der Waals surface area contributed by atoms with Gasteiger partial charge in [-0.05, 0) is 48.7 Å². The monoisotopic (exact) mass is 386 g/mol. The molecule has 0 bridgehead atoms. The van der Waals surface area contributed by atoms with Gasteiger partial charge in [0.1, 0.15) is 31.9 Å². The highest BCUT2D eigenvalue weighted by Crippen LogP contribution is 2.38. The Bertz CT molecular complexity index is 773. The minimum Gasteiger partial charge on any atom is -0.493 e. The topological polar surface area (TPSA) is 36.6 Å². The first-order valence-corrected chi connectivity index (χ1v) is 10.1. The molecule has 5 nitrogen and oxygen atoms in total. The van der Waals surface area contributed by atoms with Gasteiger partial charge in [0, 0.05) is 12.5 Å². The molecular formula is C23H34N2O3+2. The second-order valence-electron chi connectivity index (χ2n) is 7.69. The Kier molecular flexibility index (Phi) is 6.81. The van der Waals surface area contributed by atoms with Gasteiger partial charge in [-0.1, -0.05) is 6.07 Å². The molecule has 1 aliphatic rings. The largest absolute Gasteiger partial charge is 0.493 e. The molecule has 0 aromatic heterocycles. The summed E-state index contributed by atoms with van der Waals surface area (Å²) in [5.41, 5.74) is 5.43. The summed E-state index contributed by atoms with van der Waals surface area (Å²) < 4.78 is 16.4. The van der Waals surface area contributed by atoms with E-state index in [0.29, 0.717) is 5.75 Å². The molecule has 0 aliphatic carbocycles. The maximum atomic E-state index is 5.48. The fourth-order valence-corrected chi connectivity index (χ4v) is 4.01. The second kappa shape index (κ2) is 9.30. The van der Waals surface area contributed by atoms with Crippen molar-refractivity contribution in [2.24, 2.45) is 0 Å². The predicted molar refractivity (Wildman–Crippen MR) is 112 cm³/mol. The molecule has 1 aliphatic heterocycles. The lowest BCUT2D eigenvalue weighted by molar-refractivity contribution is -0.986. The molecule has 5 heteroatoms. The van der Waals surface area contributed by atoms with Crippen LogP contribution < -0.4 is 24.0 Å². The second-order valence-corrected chi connectivity index (χ2v) is 7.69. The van der Waals surface area contributed by atoms with E-state index in [0.717, 1.165) is 24.5 Å². The molecule has 0 atom stereocenters. The summed E-state index contributed by atoms with van der Waals surface area (Å²) >= 11 is 0. The van der Waals surface area contributed by atoms with Crippen LogP contribution in [0.3, 0.4) is 0 Å². The standard InChI is InChI=1S/C23H32N2O3/c1-17-6-7-20(14-18(17)2)25-12-10-24(11-13-25)9-8-19-15-21(26-3)23(28-5)22(16-19)27-4/h6-7,14-16H,8-13H2,1-5H3/p+2. The van der Waals surface area contributed by atoms with E-state index in [4.69, 9.17) is 14.2 Å². The Morgan fingerprint density at radius 2 is 1.43 bits per heavy atom. The first-order valence-electron chi connectivity index (χ1n) is 10.1. The van der Waals surface area contributed by atoms with E-state index in [1.54, 1.807) is 31.1 Å². The number of hydrogen-bond donors (Lipinski definition) is 2. The maximum absolute atomic E-state index is 5.48. The van der Waals surface area contributed by atoms with Crippen molar-refractivity contribution in [1.82, 2.24) is 0 Å². The van der Waals surface area contributed by atoms with Gasteiger partial charge in [0.15, 0.2) is 11.5 Å². The average molecular weight is 387 g/mol. The van der Waals surface area contributed by atoms with E-state index in [-0.39, 0.29) is 0 Å². The number of methoxy groups -OCH3 is 3. The number of quaternary nitrogens is 2. The van der Waals surface area contributed by atoms with Crippen molar-refractivity contribution in [3.05, 3.63) is 47.0 Å². The zero-order chi connectivity index (χ0) is 20.1. The molecule has 2 aromatic carbocycles. The molecule has 2 aromatic rings. The lowest BCUT2D eigenvalue weighted by Gasteiger charge is -2.29. The van der Waals surface area contributed by atoms with Crippen molar-refractivity contribution >= 4 is 5.69 Å². The van der Waals surface area contributed by atoms with Crippen molar-refractivity contribution in [3.8, 4) is 17.2 Å². The lowest BCUT2D eigenvalue weighted by atomic mass is 10.1. The Morgan fingerprint density at radius 3 is 1.96 bits per heavy atom. The molecule has 2 N–H and O–H groups in total. The van der Waals surface area contributed by atoms with E-state index in [1.807, 2.05) is 0 Å². The van der Waals surface area contributed by atoms with Crippen molar-refractivity contribution in [2.75, 3.05) is 54.1 Å². The van der Waals surface area contributed by atoms with E-state index >= 15 is 0 Å². The Balaban J connectivity index is 1.57. The zero-order valence-electron chi connectivity index (χ0n) is 17.9. The first-order chi connectivity index (χ1) is 13.5. The number of aryl methyl sites for hydroxylation is 2. The zero-order valence-corrected chi connectivity index (χ0v) is 17.9. The molecule has 1 heterocycles. The van der Waals surface area contributed by atoms with Crippen LogP contribution in [0.15, 0.2) is 30.3 Å². The fraction of sp³-hybridized carbons (Fsp3) is 0.478. The van der Waals surface area contributed by atoms with Crippen molar-refractivity contribution in [1.29, 1.82) is 0 Å². The van der Waals surface area contributed by atoms with Gasteiger partial charge in [-0.2, -0.15) is 0 Å². The summed E-state index contributed by atoms with van der Waals surface area (Å²) in [7, 11) is 4.98. The number of benzene rings is 2. The average Bonchev–Trinajstić information content (AvgIpc) is 2.73. The van der Waals surface area contributed by atoms with Crippen LogP contribution in [0.1, 0.15) is 16.7 Å². The highest BCUT2D eigenvalue weighted by Gasteiger charge is 2.24. The van der Waals surface area contributed by atoms with Crippen LogP contribution in [-0.2, 0) is 6.42 Å². The van der Waals surface area contributed by atoms with Crippen LogP contribution >= 0.6 is 0 Å². The van der Waals surface area contributed by atoms with Gasteiger partial charge >= 0.3 is 0 Å². The third-order valence-corrected chi connectivity index (χ3v) is 5.97. The molecule has 1 saturated heterocycles. The number of nitrogens with one attached hydrogen (secondary N) is 2. The SMILES string of the molecule is COc1cc(CC[NH+]2CC[NH+](c3ccc(C)c(C)c3)CC2)cc(OC)c1OC. The molecule has 152 valence electrons. The van der Waals surface area contributed by atoms with Gasteiger partial charge < -0.3 is 19.1 Å². The molecule has 0 unspecified atom stereocenters. The van der Waals surface area contributed by atoms with Crippen molar-refractivity contribution in [2.45, 2.75) is 20.3 Å². The summed E-state index contributed by atoms with van der Waals surface area (Å²) in [6, 6.07) is 11.0. The van der Waals surface area contributed by atoms with E-state index in [2.05, 4.69) is 44.2 Å². The number of rotatable bonds is 7. The first kappa shape index (κ1) is 20.5. The van der Waals surface area contributed by atoms with Crippen LogP contribution in [0.4, 0.5) is 5.69 Å². The number of piperazine rings is 1. The van der Waals surface area contributed by atoms with Crippen molar-refractivity contribution in [3.63, 3.8) is 0 Å². The molecule has 1 fully saturated rings.